The fraction of sp³-hybridized carbons (Fsp3) is 0.333. The minimum Gasteiger partial charge on any atom is -0.0654 e. The molecule has 0 aliphatic carbocycles. The number of hydrogen-bond acceptors (Lipinski definition) is 0. The van der Waals surface area contributed by atoms with Gasteiger partial charge in [0.25, 0.3) is 0 Å². The lowest BCUT2D eigenvalue weighted by atomic mass is 9.91. The Labute approximate surface area is 111 Å². The van der Waals surface area contributed by atoms with Crippen molar-refractivity contribution in [1.29, 1.82) is 0 Å². The molecular weight excluding hydrogens is 216 g/mol. The van der Waals surface area contributed by atoms with Crippen LogP contribution in [0.5, 0.6) is 0 Å². The van der Waals surface area contributed by atoms with Crippen molar-refractivity contribution < 1.29 is 0 Å². The van der Waals surface area contributed by atoms with Gasteiger partial charge in [-0.1, -0.05) is 74.9 Å². The van der Waals surface area contributed by atoms with Crippen LogP contribution in [0.4, 0.5) is 0 Å². The molecule has 1 atom stereocenters. The summed E-state index contributed by atoms with van der Waals surface area (Å²) in [4.78, 5) is 0. The highest BCUT2D eigenvalue weighted by molar-refractivity contribution is 5.63. The van der Waals surface area contributed by atoms with Crippen molar-refractivity contribution in [1.82, 2.24) is 0 Å². The molecule has 94 valence electrons. The first-order chi connectivity index (χ1) is 8.85. The van der Waals surface area contributed by atoms with Gasteiger partial charge in [-0.25, -0.2) is 0 Å². The van der Waals surface area contributed by atoms with Gasteiger partial charge in [0.1, 0.15) is 0 Å². The predicted octanol–water partition coefficient (Wildman–Crippen LogP) is 5.65. The van der Waals surface area contributed by atoms with Crippen molar-refractivity contribution in [3.8, 4) is 11.1 Å². The summed E-state index contributed by atoms with van der Waals surface area (Å²) in [5, 5.41) is 0. The molecule has 0 saturated carbocycles. The van der Waals surface area contributed by atoms with Crippen molar-refractivity contribution in [2.24, 2.45) is 0 Å². The molecule has 0 aliphatic heterocycles. The lowest BCUT2D eigenvalue weighted by Gasteiger charge is -2.14. The molecule has 0 heterocycles. The van der Waals surface area contributed by atoms with Gasteiger partial charge in [0.15, 0.2) is 0 Å². The monoisotopic (exact) mass is 238 g/mol. The van der Waals surface area contributed by atoms with Crippen molar-refractivity contribution in [2.45, 2.75) is 39.0 Å². The fourth-order valence-electron chi connectivity index (χ4n) is 2.53. The predicted molar refractivity (Wildman–Crippen MR) is 79.8 cm³/mol. The molecular formula is C18H22. The second-order valence-corrected chi connectivity index (χ2v) is 4.88. The fourth-order valence-corrected chi connectivity index (χ4v) is 2.53. The molecule has 0 unspecified atom stereocenters. The summed E-state index contributed by atoms with van der Waals surface area (Å²) in [6.45, 7) is 4.55. The van der Waals surface area contributed by atoms with E-state index in [1.165, 1.54) is 36.0 Å². The van der Waals surface area contributed by atoms with E-state index in [9.17, 15) is 0 Å². The smallest absolute Gasteiger partial charge is 0.0165 e. The molecule has 2 aromatic carbocycles. The van der Waals surface area contributed by atoms with Crippen molar-refractivity contribution in [3.63, 3.8) is 0 Å². The quantitative estimate of drug-likeness (QED) is 0.631. The topological polar surface area (TPSA) is 0 Å². The van der Waals surface area contributed by atoms with E-state index < -0.39 is 0 Å². The minimum atomic E-state index is 0.722. The second-order valence-electron chi connectivity index (χ2n) is 4.88. The van der Waals surface area contributed by atoms with Gasteiger partial charge in [-0.3, -0.25) is 0 Å². The third kappa shape index (κ3) is 3.01. The summed E-state index contributed by atoms with van der Waals surface area (Å²) in [6, 6.07) is 19.7. The molecule has 0 nitrogen and oxygen atoms in total. The number of hydrogen-bond donors (Lipinski definition) is 0. The van der Waals surface area contributed by atoms with Crippen LogP contribution in [0.2, 0.25) is 0 Å². The summed E-state index contributed by atoms with van der Waals surface area (Å²) in [5.41, 5.74) is 4.09. The molecule has 0 radical (unpaired) electrons. The highest BCUT2D eigenvalue weighted by Gasteiger charge is 2.08. The van der Waals surface area contributed by atoms with E-state index in [1.54, 1.807) is 0 Å². The number of rotatable bonds is 5. The van der Waals surface area contributed by atoms with Crippen LogP contribution in [0.25, 0.3) is 11.1 Å². The number of benzene rings is 2. The zero-order valence-corrected chi connectivity index (χ0v) is 11.4. The van der Waals surface area contributed by atoms with Crippen LogP contribution in [0.15, 0.2) is 54.6 Å². The molecule has 0 amide bonds. The molecule has 0 aliphatic rings. The van der Waals surface area contributed by atoms with E-state index in [2.05, 4.69) is 68.4 Å². The summed E-state index contributed by atoms with van der Waals surface area (Å²) in [7, 11) is 0. The molecule has 18 heavy (non-hydrogen) atoms. The maximum atomic E-state index is 2.30. The van der Waals surface area contributed by atoms with Gasteiger partial charge in [-0.2, -0.15) is 0 Å². The molecule has 0 N–H and O–H groups in total. The lowest BCUT2D eigenvalue weighted by Crippen LogP contribution is -1.96. The average Bonchev–Trinajstić information content (AvgIpc) is 2.46. The molecule has 0 aromatic heterocycles. The van der Waals surface area contributed by atoms with Crippen LogP contribution < -0.4 is 0 Å². The van der Waals surface area contributed by atoms with Gasteiger partial charge in [0.2, 0.25) is 0 Å². The molecule has 0 saturated heterocycles. The Morgan fingerprint density at radius 2 is 1.39 bits per heavy atom. The minimum absolute atomic E-state index is 0.722. The van der Waals surface area contributed by atoms with Crippen molar-refractivity contribution >= 4 is 0 Å². The lowest BCUT2D eigenvalue weighted by molar-refractivity contribution is 0.596. The summed E-state index contributed by atoms with van der Waals surface area (Å²) in [5.74, 6) is 0.722. The molecule has 2 rings (SSSR count). The van der Waals surface area contributed by atoms with Gasteiger partial charge in [0, 0.05) is 0 Å². The Hall–Kier alpha value is -1.56. The van der Waals surface area contributed by atoms with E-state index in [4.69, 9.17) is 0 Å². The zero-order valence-electron chi connectivity index (χ0n) is 11.4. The second kappa shape index (κ2) is 6.39. The SMILES string of the molecule is CCC[C@H](CC)c1ccc(-c2ccccc2)cc1. The molecule has 0 bridgehead atoms. The summed E-state index contributed by atoms with van der Waals surface area (Å²) >= 11 is 0. The van der Waals surface area contributed by atoms with Crippen molar-refractivity contribution in [3.05, 3.63) is 60.2 Å². The molecule has 0 fully saturated rings. The van der Waals surface area contributed by atoms with Gasteiger partial charge in [-0.15, -0.1) is 0 Å². The first-order valence-electron chi connectivity index (χ1n) is 7.00. The maximum absolute atomic E-state index is 2.30. The van der Waals surface area contributed by atoms with Crippen molar-refractivity contribution in [2.75, 3.05) is 0 Å². The van der Waals surface area contributed by atoms with Crippen LogP contribution in [0.3, 0.4) is 0 Å². The third-order valence-corrected chi connectivity index (χ3v) is 3.62. The average molecular weight is 238 g/mol. The van der Waals surface area contributed by atoms with E-state index >= 15 is 0 Å². The third-order valence-electron chi connectivity index (χ3n) is 3.62. The van der Waals surface area contributed by atoms with Gasteiger partial charge in [0.05, 0.1) is 0 Å². The highest BCUT2D eigenvalue weighted by atomic mass is 14.1. The Morgan fingerprint density at radius 1 is 0.778 bits per heavy atom. The Morgan fingerprint density at radius 3 is 1.94 bits per heavy atom. The first-order valence-corrected chi connectivity index (χ1v) is 7.00. The first kappa shape index (κ1) is 12.9. The van der Waals surface area contributed by atoms with Crippen LogP contribution in [0.1, 0.15) is 44.6 Å². The zero-order chi connectivity index (χ0) is 12.8. The normalized spacial score (nSPS) is 12.3. The van der Waals surface area contributed by atoms with E-state index in [0.717, 1.165) is 5.92 Å². The maximum Gasteiger partial charge on any atom is -0.0165 e. The van der Waals surface area contributed by atoms with Gasteiger partial charge in [-0.05, 0) is 35.4 Å². The van der Waals surface area contributed by atoms with E-state index in [-0.39, 0.29) is 0 Å². The van der Waals surface area contributed by atoms with Crippen LogP contribution in [-0.4, -0.2) is 0 Å². The standard InChI is InChI=1S/C18H22/c1-3-8-15(4-2)17-11-13-18(14-12-17)16-9-6-5-7-10-16/h5-7,9-15H,3-4,8H2,1-2H3/t15-/m0/s1. The largest absolute Gasteiger partial charge is 0.0654 e. The Bertz CT molecular complexity index is 453. The van der Waals surface area contributed by atoms with E-state index in [0.29, 0.717) is 0 Å². The van der Waals surface area contributed by atoms with Crippen LogP contribution in [0, 0.1) is 0 Å². The molecule has 0 heteroatoms. The van der Waals surface area contributed by atoms with Gasteiger partial charge < -0.3 is 0 Å². The Balaban J connectivity index is 2.19. The van der Waals surface area contributed by atoms with Crippen LogP contribution >= 0.6 is 0 Å². The highest BCUT2D eigenvalue weighted by Crippen LogP contribution is 2.27. The van der Waals surface area contributed by atoms with E-state index in [1.807, 2.05) is 0 Å². The Kier molecular flexibility index (Phi) is 4.58. The molecule has 2 aromatic rings. The van der Waals surface area contributed by atoms with Gasteiger partial charge >= 0.3 is 0 Å². The van der Waals surface area contributed by atoms with Crippen LogP contribution in [-0.2, 0) is 0 Å². The molecule has 0 spiro atoms. The summed E-state index contributed by atoms with van der Waals surface area (Å²) in [6.07, 6.45) is 3.79. The summed E-state index contributed by atoms with van der Waals surface area (Å²) < 4.78 is 0.